The third kappa shape index (κ3) is 7.26. The maximum absolute atomic E-state index is 12.4. The molecule has 1 aromatic carbocycles. The highest BCUT2D eigenvalue weighted by molar-refractivity contribution is 7.98. The Balaban J connectivity index is 1.94. The van der Waals surface area contributed by atoms with Gasteiger partial charge in [-0.15, -0.1) is 0 Å². The second-order valence-corrected chi connectivity index (χ2v) is 8.25. The average Bonchev–Trinajstić information content (AvgIpc) is 2.63. The van der Waals surface area contributed by atoms with E-state index in [1.165, 1.54) is 0 Å². The molecule has 1 aliphatic rings. The summed E-state index contributed by atoms with van der Waals surface area (Å²) in [5.74, 6) is 1.14. The van der Waals surface area contributed by atoms with Gasteiger partial charge in [0.2, 0.25) is 0 Å². The number of para-hydroxylation sites is 1. The minimum Gasteiger partial charge on any atom is -0.488 e. The first kappa shape index (κ1) is 21.8. The molecule has 0 aliphatic carbocycles. The van der Waals surface area contributed by atoms with E-state index in [0.29, 0.717) is 18.8 Å². The normalized spacial score (nSPS) is 14.5. The number of nitrogens with one attached hydrogen (secondary N) is 2. The number of hydrogen-bond acceptors (Lipinski definition) is 6. The summed E-state index contributed by atoms with van der Waals surface area (Å²) in [6.45, 7) is 5.69. The lowest BCUT2D eigenvalue weighted by molar-refractivity contribution is -0.123. The fraction of sp³-hybridized carbons (Fsp3) is 0.450. The molecule has 1 unspecified atom stereocenters. The van der Waals surface area contributed by atoms with Crippen LogP contribution in [-0.2, 0) is 9.53 Å². The van der Waals surface area contributed by atoms with E-state index in [1.807, 2.05) is 36.6 Å². The van der Waals surface area contributed by atoms with Crippen molar-refractivity contribution in [3.63, 3.8) is 0 Å². The van der Waals surface area contributed by atoms with Crippen molar-refractivity contribution in [1.29, 1.82) is 0 Å². The quantitative estimate of drug-likeness (QED) is 0.537. The summed E-state index contributed by atoms with van der Waals surface area (Å²) in [7, 11) is 0. The molecule has 0 saturated carbocycles. The Kier molecular flexibility index (Phi) is 7.92. The highest BCUT2D eigenvalue weighted by Crippen LogP contribution is 2.24. The molecule has 0 saturated heterocycles. The number of carbonyl (C=O) groups is 2. The Hall–Kier alpha value is -2.48. The molecule has 8 heteroatoms. The molecular formula is C20H27N3O4S. The number of fused-ring (bicyclic) bond motifs is 1. The zero-order valence-corrected chi connectivity index (χ0v) is 17.5. The van der Waals surface area contributed by atoms with E-state index in [-0.39, 0.29) is 0 Å². The molecule has 2 amide bonds. The van der Waals surface area contributed by atoms with Gasteiger partial charge in [-0.1, -0.05) is 18.2 Å². The number of hydrazone groups is 1. The predicted molar refractivity (Wildman–Crippen MR) is 113 cm³/mol. The van der Waals surface area contributed by atoms with Gasteiger partial charge < -0.3 is 14.8 Å². The number of thioether (sulfide) groups is 1. The molecule has 152 valence electrons. The molecule has 0 bridgehead atoms. The molecule has 0 radical (unpaired) electrons. The van der Waals surface area contributed by atoms with Crippen molar-refractivity contribution in [2.45, 2.75) is 38.8 Å². The molecule has 1 aliphatic heterocycles. The van der Waals surface area contributed by atoms with E-state index in [4.69, 9.17) is 9.47 Å². The summed E-state index contributed by atoms with van der Waals surface area (Å²) in [5, 5.41) is 6.62. The van der Waals surface area contributed by atoms with Crippen molar-refractivity contribution in [2.75, 3.05) is 18.6 Å². The van der Waals surface area contributed by atoms with Crippen LogP contribution in [0.4, 0.5) is 4.79 Å². The highest BCUT2D eigenvalue weighted by atomic mass is 32.2. The average molecular weight is 406 g/mol. The van der Waals surface area contributed by atoms with Gasteiger partial charge in [0.15, 0.2) is 0 Å². The topological polar surface area (TPSA) is 89.0 Å². The van der Waals surface area contributed by atoms with Crippen LogP contribution in [0.3, 0.4) is 0 Å². The summed E-state index contributed by atoms with van der Waals surface area (Å²) in [5.41, 5.74) is 3.65. The zero-order valence-electron chi connectivity index (χ0n) is 16.7. The minimum atomic E-state index is -0.725. The summed E-state index contributed by atoms with van der Waals surface area (Å²) < 4.78 is 10.9. The number of rotatable bonds is 7. The number of nitrogens with zero attached hydrogens (tertiary/aromatic N) is 1. The van der Waals surface area contributed by atoms with Gasteiger partial charge in [0.1, 0.15) is 24.0 Å². The number of ether oxygens (including phenoxy) is 2. The van der Waals surface area contributed by atoms with Gasteiger partial charge in [-0.3, -0.25) is 4.79 Å². The fourth-order valence-electron chi connectivity index (χ4n) is 2.42. The molecule has 0 aromatic heterocycles. The Morgan fingerprint density at radius 2 is 2.11 bits per heavy atom. The summed E-state index contributed by atoms with van der Waals surface area (Å²) in [6.07, 6.45) is 5.29. The lowest BCUT2D eigenvalue weighted by Gasteiger charge is -2.22. The lowest BCUT2D eigenvalue weighted by Crippen LogP contribution is -2.47. The van der Waals surface area contributed by atoms with E-state index < -0.39 is 23.6 Å². The monoisotopic (exact) mass is 405 g/mol. The third-order valence-electron chi connectivity index (χ3n) is 3.68. The van der Waals surface area contributed by atoms with Crippen molar-refractivity contribution in [1.82, 2.24) is 10.7 Å². The van der Waals surface area contributed by atoms with Crippen molar-refractivity contribution in [2.24, 2.45) is 5.10 Å². The largest absolute Gasteiger partial charge is 0.488 e. The smallest absolute Gasteiger partial charge is 0.408 e. The van der Waals surface area contributed by atoms with Gasteiger partial charge in [-0.2, -0.15) is 16.9 Å². The first-order valence-corrected chi connectivity index (χ1v) is 10.4. The zero-order chi connectivity index (χ0) is 20.6. The molecule has 2 N–H and O–H groups in total. The molecular weight excluding hydrogens is 378 g/mol. The van der Waals surface area contributed by atoms with Gasteiger partial charge in [0, 0.05) is 11.1 Å². The van der Waals surface area contributed by atoms with Crippen molar-refractivity contribution >= 4 is 36.1 Å². The van der Waals surface area contributed by atoms with E-state index in [0.717, 1.165) is 16.9 Å². The summed E-state index contributed by atoms with van der Waals surface area (Å²) >= 11 is 1.59. The van der Waals surface area contributed by atoms with E-state index in [1.54, 1.807) is 38.7 Å². The van der Waals surface area contributed by atoms with Crippen LogP contribution in [0.2, 0.25) is 0 Å². The van der Waals surface area contributed by atoms with Crippen LogP contribution in [0.25, 0.3) is 6.08 Å². The Morgan fingerprint density at radius 3 is 2.82 bits per heavy atom. The maximum atomic E-state index is 12.4. The van der Waals surface area contributed by atoms with E-state index in [9.17, 15) is 9.59 Å². The van der Waals surface area contributed by atoms with Crippen LogP contribution >= 0.6 is 11.8 Å². The van der Waals surface area contributed by atoms with Gasteiger partial charge in [0.25, 0.3) is 5.91 Å². The molecule has 0 spiro atoms. The van der Waals surface area contributed by atoms with Crippen LogP contribution in [-0.4, -0.2) is 48.5 Å². The van der Waals surface area contributed by atoms with Crippen LogP contribution in [0.1, 0.15) is 32.8 Å². The Bertz CT molecular complexity index is 756. The highest BCUT2D eigenvalue weighted by Gasteiger charge is 2.24. The van der Waals surface area contributed by atoms with Crippen LogP contribution in [0, 0.1) is 0 Å². The standard InChI is InChI=1S/C20H27N3O4S/c1-20(2,3)27-19(25)22-16(9-10-28-4)18(24)23-21-12-14-11-15-7-5-6-8-17(15)26-13-14/h5-8,11-12,16H,9-10,13H2,1-4H3,(H,22,25)(H,23,24). The van der Waals surface area contributed by atoms with Crippen molar-refractivity contribution in [3.05, 3.63) is 35.4 Å². The number of amides is 2. The number of hydrogen-bond donors (Lipinski definition) is 2. The molecule has 7 nitrogen and oxygen atoms in total. The molecule has 1 atom stereocenters. The van der Waals surface area contributed by atoms with E-state index >= 15 is 0 Å². The molecule has 28 heavy (non-hydrogen) atoms. The molecule has 0 fully saturated rings. The lowest BCUT2D eigenvalue weighted by atomic mass is 10.1. The van der Waals surface area contributed by atoms with Crippen LogP contribution in [0.15, 0.2) is 34.9 Å². The number of alkyl carbamates (subject to hydrolysis) is 1. The first-order chi connectivity index (χ1) is 13.3. The van der Waals surface area contributed by atoms with Gasteiger partial charge in [-0.25, -0.2) is 10.2 Å². The molecule has 1 heterocycles. The number of benzene rings is 1. The van der Waals surface area contributed by atoms with Gasteiger partial charge in [0.05, 0.1) is 6.21 Å². The van der Waals surface area contributed by atoms with Gasteiger partial charge >= 0.3 is 6.09 Å². The summed E-state index contributed by atoms with van der Waals surface area (Å²) in [6, 6.07) is 6.97. The third-order valence-corrected chi connectivity index (χ3v) is 4.32. The van der Waals surface area contributed by atoms with E-state index in [2.05, 4.69) is 15.8 Å². The maximum Gasteiger partial charge on any atom is 0.408 e. The minimum absolute atomic E-state index is 0.377. The number of carbonyl (C=O) groups excluding carboxylic acids is 2. The summed E-state index contributed by atoms with van der Waals surface area (Å²) in [4.78, 5) is 24.4. The van der Waals surface area contributed by atoms with Gasteiger partial charge in [-0.05, 0) is 51.3 Å². The van der Waals surface area contributed by atoms with Crippen LogP contribution in [0.5, 0.6) is 5.75 Å². The molecule has 1 aromatic rings. The Morgan fingerprint density at radius 1 is 1.36 bits per heavy atom. The Labute approximate surface area is 169 Å². The second kappa shape index (κ2) is 10.2. The molecule has 2 rings (SSSR count). The van der Waals surface area contributed by atoms with Crippen LogP contribution < -0.4 is 15.5 Å². The predicted octanol–water partition coefficient (Wildman–Crippen LogP) is 3.21. The fourth-order valence-corrected chi connectivity index (χ4v) is 2.89. The first-order valence-electron chi connectivity index (χ1n) is 9.02. The van der Waals surface area contributed by atoms with Crippen molar-refractivity contribution < 1.29 is 19.1 Å². The SMILES string of the molecule is CSCCC(NC(=O)OC(C)(C)C)C(=O)NN=CC1=Cc2ccccc2OC1. The van der Waals surface area contributed by atoms with Crippen molar-refractivity contribution in [3.8, 4) is 5.75 Å². The second-order valence-electron chi connectivity index (χ2n) is 7.26.